The van der Waals surface area contributed by atoms with Gasteiger partial charge in [0.05, 0.1) is 27.4 Å². The smallest absolute Gasteiger partial charge is 0.251 e. The topological polar surface area (TPSA) is 63.2 Å². The zero-order chi connectivity index (χ0) is 14.1. The van der Waals surface area contributed by atoms with Crippen LogP contribution in [0.4, 0.5) is 0 Å². The number of methoxy groups -OCH3 is 1. The highest BCUT2D eigenvalue weighted by Crippen LogP contribution is 2.22. The van der Waals surface area contributed by atoms with Gasteiger partial charge in [0.2, 0.25) is 0 Å². The Bertz CT molecular complexity index is 640. The summed E-state index contributed by atoms with van der Waals surface area (Å²) in [5.74, 6) is -0.0756. The van der Waals surface area contributed by atoms with Crippen molar-refractivity contribution in [1.29, 1.82) is 0 Å². The van der Waals surface area contributed by atoms with Crippen molar-refractivity contribution in [3.05, 3.63) is 28.8 Å². The average Bonchev–Trinajstić information content (AvgIpc) is 3.02. The minimum atomic E-state index is -0.0756. The predicted octanol–water partition coefficient (Wildman–Crippen LogP) is 1.32. The molecule has 2 aromatic rings. The summed E-state index contributed by atoms with van der Waals surface area (Å²) in [6.07, 6.45) is 0.0317. The van der Waals surface area contributed by atoms with Crippen molar-refractivity contribution in [1.82, 2.24) is 15.6 Å². The van der Waals surface area contributed by atoms with Crippen molar-refractivity contribution >= 4 is 27.5 Å². The number of fused-ring (bicyclic) bond motifs is 1. The number of carbonyl (C=O) groups excluding carboxylic acids is 1. The lowest BCUT2D eigenvalue weighted by atomic mass is 10.1. The molecule has 1 amide bonds. The highest BCUT2D eigenvalue weighted by molar-refractivity contribution is 7.18. The van der Waals surface area contributed by atoms with Crippen LogP contribution in [0.15, 0.2) is 18.2 Å². The Kier molecular flexibility index (Phi) is 3.69. The normalized spacial score (nSPS) is 22.3. The Morgan fingerprint density at radius 2 is 2.35 bits per heavy atom. The summed E-state index contributed by atoms with van der Waals surface area (Å²) < 4.78 is 6.45. The fraction of sp³-hybridized carbons (Fsp3) is 0.429. The maximum Gasteiger partial charge on any atom is 0.251 e. The van der Waals surface area contributed by atoms with Crippen LogP contribution in [0, 0.1) is 6.92 Å². The van der Waals surface area contributed by atoms with Gasteiger partial charge in [-0.2, -0.15) is 0 Å². The molecule has 6 heteroatoms. The molecule has 1 aromatic carbocycles. The fourth-order valence-electron chi connectivity index (χ4n) is 2.48. The van der Waals surface area contributed by atoms with E-state index in [1.807, 2.05) is 25.1 Å². The summed E-state index contributed by atoms with van der Waals surface area (Å²) in [5.41, 5.74) is 1.53. The lowest BCUT2D eigenvalue weighted by Crippen LogP contribution is -2.43. The molecule has 1 aliphatic rings. The lowest BCUT2D eigenvalue weighted by molar-refractivity contribution is 0.0780. The Morgan fingerprint density at radius 3 is 3.15 bits per heavy atom. The molecule has 1 fully saturated rings. The van der Waals surface area contributed by atoms with E-state index >= 15 is 0 Å². The Hall–Kier alpha value is -1.50. The third kappa shape index (κ3) is 2.54. The summed E-state index contributed by atoms with van der Waals surface area (Å²) in [7, 11) is 1.67. The van der Waals surface area contributed by atoms with Crippen LogP contribution < -0.4 is 10.6 Å². The number of aryl methyl sites for hydroxylation is 1. The fourth-order valence-corrected chi connectivity index (χ4v) is 3.29. The number of nitrogens with one attached hydrogen (secondary N) is 2. The second kappa shape index (κ2) is 5.47. The standard InChI is InChI=1S/C14H17N3O2S/c1-8-16-10-5-9(3-4-13(10)20-8)14(18)17-11-6-15-7-12(11)19-2/h3-5,11-12,15H,6-7H2,1-2H3,(H,17,18)/t11-,12-/m0/s1. The van der Waals surface area contributed by atoms with Crippen molar-refractivity contribution in [2.45, 2.75) is 19.1 Å². The number of nitrogens with zero attached hydrogens (tertiary/aromatic N) is 1. The number of hydrogen-bond acceptors (Lipinski definition) is 5. The maximum atomic E-state index is 12.3. The van der Waals surface area contributed by atoms with E-state index in [2.05, 4.69) is 15.6 Å². The third-order valence-corrected chi connectivity index (χ3v) is 4.49. The van der Waals surface area contributed by atoms with Gasteiger partial charge in [0.25, 0.3) is 5.91 Å². The molecule has 5 nitrogen and oxygen atoms in total. The summed E-state index contributed by atoms with van der Waals surface area (Å²) in [5, 5.41) is 7.24. The number of aromatic nitrogens is 1. The van der Waals surface area contributed by atoms with E-state index in [4.69, 9.17) is 4.74 Å². The van der Waals surface area contributed by atoms with Gasteiger partial charge in [-0.3, -0.25) is 4.79 Å². The molecule has 0 saturated carbocycles. The van der Waals surface area contributed by atoms with E-state index in [-0.39, 0.29) is 18.1 Å². The Labute approximate surface area is 121 Å². The van der Waals surface area contributed by atoms with Crippen LogP contribution in [0.5, 0.6) is 0 Å². The molecular weight excluding hydrogens is 274 g/mol. The van der Waals surface area contributed by atoms with Gasteiger partial charge in [-0.05, 0) is 25.1 Å². The monoisotopic (exact) mass is 291 g/mol. The molecule has 1 aromatic heterocycles. The third-order valence-electron chi connectivity index (χ3n) is 3.53. The van der Waals surface area contributed by atoms with Gasteiger partial charge in [-0.15, -0.1) is 11.3 Å². The molecule has 2 N–H and O–H groups in total. The first kappa shape index (κ1) is 13.5. The SMILES string of the molecule is CO[C@H]1CNC[C@@H]1NC(=O)c1ccc2sc(C)nc2c1. The highest BCUT2D eigenvalue weighted by Gasteiger charge is 2.28. The van der Waals surface area contributed by atoms with Crippen molar-refractivity contribution in [3.63, 3.8) is 0 Å². The second-order valence-electron chi connectivity index (χ2n) is 4.93. The molecule has 0 spiro atoms. The molecule has 2 heterocycles. The maximum absolute atomic E-state index is 12.3. The first-order chi connectivity index (χ1) is 9.67. The highest BCUT2D eigenvalue weighted by atomic mass is 32.1. The molecule has 1 saturated heterocycles. The van der Waals surface area contributed by atoms with Crippen LogP contribution in [0.25, 0.3) is 10.2 Å². The summed E-state index contributed by atoms with van der Waals surface area (Å²) in [4.78, 5) is 16.7. The summed E-state index contributed by atoms with van der Waals surface area (Å²) in [6.45, 7) is 3.48. The number of benzene rings is 1. The van der Waals surface area contributed by atoms with Gasteiger partial charge in [0.15, 0.2) is 0 Å². The van der Waals surface area contributed by atoms with Gasteiger partial charge >= 0.3 is 0 Å². The van der Waals surface area contributed by atoms with Crippen molar-refractivity contribution < 1.29 is 9.53 Å². The zero-order valence-electron chi connectivity index (χ0n) is 11.5. The molecule has 0 unspecified atom stereocenters. The van der Waals surface area contributed by atoms with E-state index in [1.165, 1.54) is 0 Å². The number of ether oxygens (including phenoxy) is 1. The molecule has 3 rings (SSSR count). The molecule has 2 atom stereocenters. The predicted molar refractivity (Wildman–Crippen MR) is 79.3 cm³/mol. The molecule has 0 aliphatic carbocycles. The van der Waals surface area contributed by atoms with E-state index in [9.17, 15) is 4.79 Å². The molecule has 1 aliphatic heterocycles. The average molecular weight is 291 g/mol. The van der Waals surface area contributed by atoms with Crippen molar-refractivity contribution in [3.8, 4) is 0 Å². The van der Waals surface area contributed by atoms with Crippen molar-refractivity contribution in [2.75, 3.05) is 20.2 Å². The van der Waals surface area contributed by atoms with Crippen LogP contribution >= 0.6 is 11.3 Å². The minimum Gasteiger partial charge on any atom is -0.378 e. The van der Waals surface area contributed by atoms with Crippen LogP contribution in [0.2, 0.25) is 0 Å². The van der Waals surface area contributed by atoms with Gasteiger partial charge in [-0.1, -0.05) is 0 Å². The molecule has 106 valence electrons. The molecule has 0 bridgehead atoms. The van der Waals surface area contributed by atoms with Crippen LogP contribution in [-0.4, -0.2) is 43.2 Å². The second-order valence-corrected chi connectivity index (χ2v) is 6.16. The van der Waals surface area contributed by atoms with Gasteiger partial charge in [0, 0.05) is 25.8 Å². The van der Waals surface area contributed by atoms with Gasteiger partial charge < -0.3 is 15.4 Å². The Morgan fingerprint density at radius 1 is 1.50 bits per heavy atom. The minimum absolute atomic E-state index is 0.0142. The number of carbonyl (C=O) groups is 1. The number of hydrogen-bond donors (Lipinski definition) is 2. The summed E-state index contributed by atoms with van der Waals surface area (Å²) in [6, 6.07) is 5.66. The van der Waals surface area contributed by atoms with Crippen LogP contribution in [0.3, 0.4) is 0 Å². The summed E-state index contributed by atoms with van der Waals surface area (Å²) >= 11 is 1.64. The van der Waals surface area contributed by atoms with Gasteiger partial charge in [-0.25, -0.2) is 4.98 Å². The number of thiazole rings is 1. The quantitative estimate of drug-likeness (QED) is 0.895. The van der Waals surface area contributed by atoms with Crippen molar-refractivity contribution in [2.24, 2.45) is 0 Å². The first-order valence-electron chi connectivity index (χ1n) is 6.59. The Balaban J connectivity index is 1.78. The number of amides is 1. The largest absolute Gasteiger partial charge is 0.378 e. The van der Waals surface area contributed by atoms with E-state index < -0.39 is 0 Å². The molecule has 20 heavy (non-hydrogen) atoms. The zero-order valence-corrected chi connectivity index (χ0v) is 12.3. The molecule has 0 radical (unpaired) electrons. The van der Waals surface area contributed by atoms with Crippen LogP contribution in [0.1, 0.15) is 15.4 Å². The van der Waals surface area contributed by atoms with E-state index in [0.29, 0.717) is 5.56 Å². The first-order valence-corrected chi connectivity index (χ1v) is 7.40. The van der Waals surface area contributed by atoms with Gasteiger partial charge in [0.1, 0.15) is 0 Å². The van der Waals surface area contributed by atoms with Crippen LogP contribution in [-0.2, 0) is 4.74 Å². The molecular formula is C14H17N3O2S. The van der Waals surface area contributed by atoms with E-state index in [1.54, 1.807) is 18.4 Å². The van der Waals surface area contributed by atoms with E-state index in [0.717, 1.165) is 28.3 Å². The number of rotatable bonds is 3. The lowest BCUT2D eigenvalue weighted by Gasteiger charge is -2.18.